The molecule has 0 radical (unpaired) electrons. The van der Waals surface area contributed by atoms with Gasteiger partial charge in [0, 0.05) is 0 Å². The number of carboxylic acid groups (broad SMARTS) is 1. The number of nitrogens with two attached hydrogens (primary N) is 2. The second-order valence-electron chi connectivity index (χ2n) is 6.42. The first kappa shape index (κ1) is 20.9. The summed E-state index contributed by atoms with van der Waals surface area (Å²) in [7, 11) is 0. The average Bonchev–Trinajstić information content (AvgIpc) is 3.17. The van der Waals surface area contributed by atoms with E-state index in [-0.39, 0.29) is 11.7 Å². The van der Waals surface area contributed by atoms with Crippen molar-refractivity contribution in [3.05, 3.63) is 12.7 Å². The maximum Gasteiger partial charge on any atom is 0.320 e. The average molecular weight is 384 g/mol. The van der Waals surface area contributed by atoms with Crippen LogP contribution >= 0.6 is 0 Å². The van der Waals surface area contributed by atoms with Crippen molar-refractivity contribution in [2.24, 2.45) is 11.7 Å². The molecule has 12 nitrogen and oxygen atoms in total. The van der Waals surface area contributed by atoms with Gasteiger partial charge in [-0.2, -0.15) is 0 Å². The summed E-state index contributed by atoms with van der Waals surface area (Å²) in [5.74, 6) is -0.692. The third-order valence-electron chi connectivity index (χ3n) is 4.18. The summed E-state index contributed by atoms with van der Waals surface area (Å²) in [6.07, 6.45) is -1.42. The number of aliphatic hydroxyl groups excluding tert-OH is 3. The van der Waals surface area contributed by atoms with Gasteiger partial charge in [0.2, 0.25) is 0 Å². The summed E-state index contributed by atoms with van der Waals surface area (Å²) in [6, 6.07) is -0.713. The number of imidazole rings is 1. The first-order chi connectivity index (χ1) is 12.7. The van der Waals surface area contributed by atoms with Gasteiger partial charge in [-0.1, -0.05) is 13.8 Å². The minimum Gasteiger partial charge on any atom is -0.480 e. The van der Waals surface area contributed by atoms with Crippen LogP contribution in [0.5, 0.6) is 0 Å². The van der Waals surface area contributed by atoms with Gasteiger partial charge >= 0.3 is 5.97 Å². The van der Waals surface area contributed by atoms with Crippen molar-refractivity contribution in [3.8, 4) is 0 Å². The molecule has 150 valence electrons. The second-order valence-corrected chi connectivity index (χ2v) is 6.42. The van der Waals surface area contributed by atoms with Gasteiger partial charge in [0.15, 0.2) is 17.7 Å². The summed E-state index contributed by atoms with van der Waals surface area (Å²) >= 11 is 0. The number of aromatic nitrogens is 4. The van der Waals surface area contributed by atoms with E-state index in [2.05, 4.69) is 15.0 Å². The van der Waals surface area contributed by atoms with Gasteiger partial charge in [0.05, 0.1) is 12.9 Å². The molecule has 1 aliphatic rings. The van der Waals surface area contributed by atoms with Crippen molar-refractivity contribution in [2.45, 2.75) is 44.4 Å². The fraction of sp³-hybridized carbons (Fsp3) is 0.600. The van der Waals surface area contributed by atoms with E-state index in [0.29, 0.717) is 11.2 Å². The smallest absolute Gasteiger partial charge is 0.320 e. The molecule has 8 N–H and O–H groups in total. The van der Waals surface area contributed by atoms with Gasteiger partial charge < -0.3 is 36.6 Å². The van der Waals surface area contributed by atoms with E-state index in [9.17, 15) is 15.0 Å². The zero-order valence-electron chi connectivity index (χ0n) is 14.9. The highest BCUT2D eigenvalue weighted by Gasteiger charge is 2.43. The number of hydrogen-bond acceptors (Lipinski definition) is 10. The zero-order chi connectivity index (χ0) is 20.3. The Bertz CT molecular complexity index is 783. The summed E-state index contributed by atoms with van der Waals surface area (Å²) in [4.78, 5) is 21.9. The lowest BCUT2D eigenvalue weighted by molar-refractivity contribution is -0.139. The molecule has 0 spiro atoms. The fourth-order valence-corrected chi connectivity index (χ4v) is 2.45. The molecule has 2 aromatic rings. The van der Waals surface area contributed by atoms with Crippen molar-refractivity contribution in [3.63, 3.8) is 0 Å². The van der Waals surface area contributed by atoms with Gasteiger partial charge in [-0.15, -0.1) is 0 Å². The van der Waals surface area contributed by atoms with Crippen LogP contribution in [0.4, 0.5) is 5.82 Å². The number of carboxylic acids is 1. The van der Waals surface area contributed by atoms with E-state index in [1.807, 2.05) is 0 Å². The number of nitrogens with zero attached hydrogens (tertiary/aromatic N) is 4. The van der Waals surface area contributed by atoms with Gasteiger partial charge in [0.1, 0.15) is 36.2 Å². The highest BCUT2D eigenvalue weighted by atomic mass is 16.6. The summed E-state index contributed by atoms with van der Waals surface area (Å²) in [5, 5.41) is 37.0. The van der Waals surface area contributed by atoms with Crippen LogP contribution < -0.4 is 11.5 Å². The number of ether oxygens (including phenoxy) is 1. The highest BCUT2D eigenvalue weighted by Crippen LogP contribution is 2.31. The third-order valence-corrected chi connectivity index (χ3v) is 4.18. The van der Waals surface area contributed by atoms with Gasteiger partial charge in [-0.25, -0.2) is 15.0 Å². The molecule has 0 aliphatic carbocycles. The van der Waals surface area contributed by atoms with E-state index in [4.69, 9.17) is 26.4 Å². The van der Waals surface area contributed by atoms with Crippen LogP contribution in [-0.4, -0.2) is 76.9 Å². The van der Waals surface area contributed by atoms with Crippen LogP contribution in [0.2, 0.25) is 0 Å². The van der Waals surface area contributed by atoms with E-state index >= 15 is 0 Å². The normalized spacial score (nSPS) is 26.0. The highest BCUT2D eigenvalue weighted by molar-refractivity contribution is 5.81. The largest absolute Gasteiger partial charge is 0.480 e. The van der Waals surface area contributed by atoms with Gasteiger partial charge in [-0.05, 0) is 5.92 Å². The van der Waals surface area contributed by atoms with Crippen molar-refractivity contribution in [2.75, 3.05) is 12.3 Å². The minimum atomic E-state index is -1.19. The molecule has 12 heteroatoms. The lowest BCUT2D eigenvalue weighted by atomic mass is 10.1. The number of anilines is 1. The van der Waals surface area contributed by atoms with Crippen molar-refractivity contribution < 1.29 is 30.0 Å². The zero-order valence-corrected chi connectivity index (χ0v) is 14.9. The maximum absolute atomic E-state index is 10.0. The van der Waals surface area contributed by atoms with E-state index < -0.39 is 43.2 Å². The first-order valence-corrected chi connectivity index (χ1v) is 8.22. The molecule has 1 saturated heterocycles. The lowest BCUT2D eigenvalue weighted by Gasteiger charge is -2.16. The fourth-order valence-electron chi connectivity index (χ4n) is 2.45. The molecule has 0 bridgehead atoms. The van der Waals surface area contributed by atoms with Crippen molar-refractivity contribution in [1.29, 1.82) is 0 Å². The topological polar surface area (TPSA) is 203 Å². The molecule has 1 unspecified atom stereocenters. The predicted octanol–water partition coefficient (Wildman–Crippen LogP) is -1.93. The Labute approximate surface area is 154 Å². The van der Waals surface area contributed by atoms with E-state index in [1.54, 1.807) is 13.8 Å². The predicted molar refractivity (Wildman–Crippen MR) is 93.2 cm³/mol. The minimum absolute atomic E-state index is 0.0208. The van der Waals surface area contributed by atoms with Crippen LogP contribution in [0.1, 0.15) is 20.1 Å². The van der Waals surface area contributed by atoms with E-state index in [1.165, 1.54) is 17.2 Å². The van der Waals surface area contributed by atoms with Crippen molar-refractivity contribution >= 4 is 23.0 Å². The summed E-state index contributed by atoms with van der Waals surface area (Å²) < 4.78 is 6.85. The van der Waals surface area contributed by atoms with Crippen LogP contribution in [0.25, 0.3) is 11.2 Å². The molecule has 0 saturated carbocycles. The van der Waals surface area contributed by atoms with Gasteiger partial charge in [-0.3, -0.25) is 9.36 Å². The standard InChI is InChI=1S/C10H13N5O4.C5H11NO2/c11-8-5-9(13-2-12-8)15(3-14-5)10-7(18)6(17)4(1-16)19-10;1-3(2)4(6)5(7)8/h2-4,6-7,10,16-18H,1H2,(H2,11,12,13);3-4H,6H2,1-2H3,(H,7,8)/t4-,6-,7-,10-;/m1./s1. The number of aliphatic carboxylic acids is 1. The second kappa shape index (κ2) is 8.54. The first-order valence-electron chi connectivity index (χ1n) is 8.22. The molecule has 3 heterocycles. The molecule has 1 aliphatic heterocycles. The molecule has 1 fully saturated rings. The number of fused-ring (bicyclic) bond motifs is 1. The molecule has 5 atom stereocenters. The molecule has 0 aromatic carbocycles. The number of carbonyl (C=O) groups is 1. The van der Waals surface area contributed by atoms with Crippen LogP contribution in [0.15, 0.2) is 12.7 Å². The Morgan fingerprint density at radius 2 is 1.96 bits per heavy atom. The molecular formula is C15H24N6O6. The Morgan fingerprint density at radius 1 is 1.30 bits per heavy atom. The van der Waals surface area contributed by atoms with Crippen molar-refractivity contribution in [1.82, 2.24) is 19.5 Å². The van der Waals surface area contributed by atoms with Crippen LogP contribution in [-0.2, 0) is 9.53 Å². The number of rotatable bonds is 4. The Kier molecular flexibility index (Phi) is 6.62. The lowest BCUT2D eigenvalue weighted by Crippen LogP contribution is -2.34. The Hall–Kier alpha value is -2.38. The molecule has 27 heavy (non-hydrogen) atoms. The summed E-state index contributed by atoms with van der Waals surface area (Å²) in [6.45, 7) is 3.16. The van der Waals surface area contributed by atoms with E-state index in [0.717, 1.165) is 0 Å². The Balaban J connectivity index is 0.000000279. The SMILES string of the molecule is CC(C)C(N)C(=O)O.Nc1ncnc2c1ncn2[C@@H]1O[C@H](CO)[C@@H](O)[C@H]1O. The maximum atomic E-state index is 10.0. The number of hydrogen-bond donors (Lipinski definition) is 6. The molecule has 0 amide bonds. The third kappa shape index (κ3) is 4.31. The number of aliphatic hydroxyl groups is 3. The molecule has 2 aromatic heterocycles. The quantitative estimate of drug-likeness (QED) is 0.342. The monoisotopic (exact) mass is 384 g/mol. The van der Waals surface area contributed by atoms with Crippen LogP contribution in [0.3, 0.4) is 0 Å². The molecular weight excluding hydrogens is 360 g/mol. The van der Waals surface area contributed by atoms with Gasteiger partial charge in [0.25, 0.3) is 0 Å². The molecule has 3 rings (SSSR count). The Morgan fingerprint density at radius 3 is 2.44 bits per heavy atom. The number of nitrogen functional groups attached to an aromatic ring is 1. The van der Waals surface area contributed by atoms with Crippen LogP contribution in [0, 0.1) is 5.92 Å². The summed E-state index contributed by atoms with van der Waals surface area (Å²) in [5.41, 5.74) is 11.6.